The average Bonchev–Trinajstić information content (AvgIpc) is 3.13. The van der Waals surface area contributed by atoms with E-state index in [0.717, 1.165) is 21.7 Å². The molecule has 6 heteroatoms. The first-order valence-corrected chi connectivity index (χ1v) is 8.78. The predicted octanol–water partition coefficient (Wildman–Crippen LogP) is 4.91. The predicted molar refractivity (Wildman–Crippen MR) is 97.5 cm³/mol. The lowest BCUT2D eigenvalue weighted by molar-refractivity contribution is 0.518. The highest BCUT2D eigenvalue weighted by Gasteiger charge is 2.20. The van der Waals surface area contributed by atoms with E-state index in [2.05, 4.69) is 24.1 Å². The summed E-state index contributed by atoms with van der Waals surface area (Å²) in [5.74, 6) is 1.16. The summed E-state index contributed by atoms with van der Waals surface area (Å²) in [5.41, 5.74) is 9.18. The Hall–Kier alpha value is -1.56. The first-order valence-electron chi connectivity index (χ1n) is 7.58. The molecule has 0 saturated carbocycles. The van der Waals surface area contributed by atoms with Gasteiger partial charge >= 0.3 is 0 Å². The van der Waals surface area contributed by atoms with Crippen LogP contribution < -0.4 is 11.1 Å². The summed E-state index contributed by atoms with van der Waals surface area (Å²) in [6.45, 7) is 6.88. The van der Waals surface area contributed by atoms with E-state index >= 15 is 0 Å². The zero-order valence-corrected chi connectivity index (χ0v) is 15.0. The molecular formula is C17H20ClN3OS. The molecule has 0 aliphatic carbocycles. The van der Waals surface area contributed by atoms with E-state index in [1.165, 1.54) is 10.4 Å². The van der Waals surface area contributed by atoms with Gasteiger partial charge in [0.1, 0.15) is 10.9 Å². The Morgan fingerprint density at radius 3 is 2.87 bits per heavy atom. The van der Waals surface area contributed by atoms with E-state index in [1.807, 2.05) is 25.1 Å². The molecule has 3 aromatic rings. The van der Waals surface area contributed by atoms with Gasteiger partial charge in [-0.25, -0.2) is 4.98 Å². The molecule has 3 heterocycles. The number of hydrogen-bond donors (Lipinski definition) is 2. The number of aryl methyl sites for hydroxylation is 1. The standard InChI is InChI=1S/C17H20ClN3OS/c1-9(11(3)19)16-10(2)15-17(23-16)13(7-14(18)21-15)20-8-12-5-4-6-22-12/h4-7,9,11H,8,19H2,1-3H3,(H,20,21). The number of pyridine rings is 1. The zero-order valence-electron chi connectivity index (χ0n) is 13.4. The minimum absolute atomic E-state index is 0.0942. The van der Waals surface area contributed by atoms with Crippen molar-refractivity contribution in [3.8, 4) is 0 Å². The molecule has 0 bridgehead atoms. The van der Waals surface area contributed by atoms with E-state index < -0.39 is 0 Å². The Kier molecular flexibility index (Phi) is 4.62. The van der Waals surface area contributed by atoms with Gasteiger partial charge < -0.3 is 15.5 Å². The van der Waals surface area contributed by atoms with E-state index in [0.29, 0.717) is 11.7 Å². The number of aromatic nitrogens is 1. The molecule has 0 aliphatic heterocycles. The first kappa shape index (κ1) is 16.3. The van der Waals surface area contributed by atoms with Gasteiger partial charge in [0, 0.05) is 22.9 Å². The van der Waals surface area contributed by atoms with Gasteiger partial charge in [-0.05, 0) is 31.5 Å². The lowest BCUT2D eigenvalue weighted by Crippen LogP contribution is -2.22. The number of anilines is 1. The van der Waals surface area contributed by atoms with Crippen LogP contribution >= 0.6 is 22.9 Å². The van der Waals surface area contributed by atoms with Crippen LogP contribution in [-0.4, -0.2) is 11.0 Å². The van der Waals surface area contributed by atoms with Crippen LogP contribution in [0.25, 0.3) is 10.2 Å². The van der Waals surface area contributed by atoms with Crippen LogP contribution in [0.2, 0.25) is 5.15 Å². The summed E-state index contributed by atoms with van der Waals surface area (Å²) in [6.07, 6.45) is 1.67. The fourth-order valence-electron chi connectivity index (χ4n) is 2.56. The number of furan rings is 1. The van der Waals surface area contributed by atoms with Crippen molar-refractivity contribution in [1.82, 2.24) is 4.98 Å². The highest BCUT2D eigenvalue weighted by atomic mass is 35.5. The Morgan fingerprint density at radius 1 is 1.43 bits per heavy atom. The van der Waals surface area contributed by atoms with Crippen molar-refractivity contribution in [3.05, 3.63) is 45.8 Å². The minimum Gasteiger partial charge on any atom is -0.467 e. The summed E-state index contributed by atoms with van der Waals surface area (Å²) in [7, 11) is 0. The average molecular weight is 350 g/mol. The maximum atomic E-state index is 6.21. The Balaban J connectivity index is 2.02. The molecule has 0 fully saturated rings. The molecule has 3 N–H and O–H groups in total. The molecule has 122 valence electrons. The Labute approximate surface area is 144 Å². The Bertz CT molecular complexity index is 811. The van der Waals surface area contributed by atoms with Crippen LogP contribution in [0, 0.1) is 6.92 Å². The van der Waals surface area contributed by atoms with Gasteiger partial charge in [-0.3, -0.25) is 0 Å². The number of nitrogens with zero attached hydrogens (tertiary/aromatic N) is 1. The number of thiophene rings is 1. The van der Waals surface area contributed by atoms with Gasteiger partial charge in [-0.2, -0.15) is 0 Å². The number of rotatable bonds is 5. The normalized spacial score (nSPS) is 14.1. The zero-order chi connectivity index (χ0) is 16.6. The van der Waals surface area contributed by atoms with Gasteiger partial charge in [0.25, 0.3) is 0 Å². The van der Waals surface area contributed by atoms with Crippen molar-refractivity contribution in [3.63, 3.8) is 0 Å². The van der Waals surface area contributed by atoms with Crippen molar-refractivity contribution >= 4 is 38.8 Å². The molecule has 0 aliphatic rings. The molecule has 0 amide bonds. The molecular weight excluding hydrogens is 330 g/mol. The maximum Gasteiger partial charge on any atom is 0.131 e. The summed E-state index contributed by atoms with van der Waals surface area (Å²) in [6, 6.07) is 5.78. The maximum absolute atomic E-state index is 6.21. The third-order valence-corrected chi connectivity index (χ3v) is 5.82. The van der Waals surface area contributed by atoms with Crippen molar-refractivity contribution in [2.75, 3.05) is 5.32 Å². The third-order valence-electron chi connectivity index (χ3n) is 4.11. The fraction of sp³-hybridized carbons (Fsp3) is 0.353. The number of hydrogen-bond acceptors (Lipinski definition) is 5. The molecule has 23 heavy (non-hydrogen) atoms. The second-order valence-corrected chi connectivity index (χ2v) is 7.28. The Morgan fingerprint density at radius 2 is 2.22 bits per heavy atom. The van der Waals surface area contributed by atoms with Crippen LogP contribution in [-0.2, 0) is 6.54 Å². The molecule has 4 nitrogen and oxygen atoms in total. The molecule has 2 atom stereocenters. The smallest absolute Gasteiger partial charge is 0.131 e. The monoisotopic (exact) mass is 349 g/mol. The van der Waals surface area contributed by atoms with Crippen LogP contribution in [0.3, 0.4) is 0 Å². The van der Waals surface area contributed by atoms with Crippen molar-refractivity contribution in [1.29, 1.82) is 0 Å². The highest BCUT2D eigenvalue weighted by molar-refractivity contribution is 7.20. The molecule has 2 unspecified atom stereocenters. The van der Waals surface area contributed by atoms with Gasteiger partial charge in [-0.15, -0.1) is 11.3 Å². The van der Waals surface area contributed by atoms with E-state index in [9.17, 15) is 0 Å². The number of nitrogens with one attached hydrogen (secondary N) is 1. The summed E-state index contributed by atoms with van der Waals surface area (Å²) in [4.78, 5) is 5.78. The first-order chi connectivity index (χ1) is 11.0. The second kappa shape index (κ2) is 6.51. The lowest BCUT2D eigenvalue weighted by Gasteiger charge is -2.14. The van der Waals surface area contributed by atoms with Crippen LogP contribution in [0.4, 0.5) is 5.69 Å². The van der Waals surface area contributed by atoms with Gasteiger partial charge in [0.2, 0.25) is 0 Å². The molecule has 3 rings (SSSR count). The molecule has 3 aromatic heterocycles. The van der Waals surface area contributed by atoms with Crippen molar-refractivity contribution < 1.29 is 4.42 Å². The molecule has 0 radical (unpaired) electrons. The van der Waals surface area contributed by atoms with E-state index in [-0.39, 0.29) is 12.0 Å². The van der Waals surface area contributed by atoms with Gasteiger partial charge in [-0.1, -0.05) is 18.5 Å². The third kappa shape index (κ3) is 3.22. The molecule has 0 spiro atoms. The fourth-order valence-corrected chi connectivity index (χ4v) is 4.16. The largest absolute Gasteiger partial charge is 0.467 e. The van der Waals surface area contributed by atoms with Crippen LogP contribution in [0.5, 0.6) is 0 Å². The number of nitrogens with two attached hydrogens (primary N) is 1. The highest BCUT2D eigenvalue weighted by Crippen LogP contribution is 2.40. The lowest BCUT2D eigenvalue weighted by atomic mass is 9.99. The number of halogens is 1. The van der Waals surface area contributed by atoms with Crippen molar-refractivity contribution in [2.24, 2.45) is 5.73 Å². The van der Waals surface area contributed by atoms with E-state index in [4.69, 9.17) is 21.8 Å². The van der Waals surface area contributed by atoms with Crippen molar-refractivity contribution in [2.45, 2.75) is 39.3 Å². The molecule has 0 aromatic carbocycles. The van der Waals surface area contributed by atoms with Crippen LogP contribution in [0.15, 0.2) is 28.9 Å². The van der Waals surface area contributed by atoms with Gasteiger partial charge in [0.05, 0.1) is 28.7 Å². The summed E-state index contributed by atoms with van der Waals surface area (Å²) >= 11 is 7.95. The summed E-state index contributed by atoms with van der Waals surface area (Å²) < 4.78 is 6.48. The minimum atomic E-state index is 0.0942. The van der Waals surface area contributed by atoms with E-state index in [1.54, 1.807) is 17.6 Å². The molecule has 0 saturated heterocycles. The SMILES string of the molecule is Cc1c(C(C)C(C)N)sc2c(NCc3ccco3)cc(Cl)nc12. The quantitative estimate of drug-likeness (QED) is 0.642. The van der Waals surface area contributed by atoms with Crippen LogP contribution in [0.1, 0.15) is 36.0 Å². The second-order valence-electron chi connectivity index (χ2n) is 5.84. The number of fused-ring (bicyclic) bond motifs is 1. The summed E-state index contributed by atoms with van der Waals surface area (Å²) in [5, 5.41) is 3.89. The topological polar surface area (TPSA) is 64.1 Å². The van der Waals surface area contributed by atoms with Gasteiger partial charge in [0.15, 0.2) is 0 Å².